The Morgan fingerprint density at radius 3 is 2.67 bits per heavy atom. The number of aryl methyl sites for hydroxylation is 1. The predicted octanol–water partition coefficient (Wildman–Crippen LogP) is 2.30. The maximum atomic E-state index is 5.11. The first-order valence-corrected chi connectivity index (χ1v) is 8.42. The smallest absolute Gasteiger partial charge is 0.185 e. The average Bonchev–Trinajstić information content (AvgIpc) is 2.87. The van der Waals surface area contributed by atoms with E-state index >= 15 is 0 Å². The largest absolute Gasteiger partial charge is 0.385 e. The van der Waals surface area contributed by atoms with Gasteiger partial charge in [0, 0.05) is 52.4 Å². The minimum Gasteiger partial charge on any atom is -0.385 e. The van der Waals surface area contributed by atoms with E-state index in [1.807, 2.05) is 0 Å². The van der Waals surface area contributed by atoms with Gasteiger partial charge in [0.05, 0.1) is 12.3 Å². The van der Waals surface area contributed by atoms with Crippen LogP contribution >= 0.6 is 11.3 Å². The second kappa shape index (κ2) is 11.0. The van der Waals surface area contributed by atoms with E-state index in [-0.39, 0.29) is 0 Å². The Balaban J connectivity index is 2.59. The van der Waals surface area contributed by atoms with Crippen molar-refractivity contribution in [3.05, 3.63) is 10.6 Å². The Morgan fingerprint density at radius 1 is 1.24 bits per heavy atom. The highest BCUT2D eigenvalue weighted by atomic mass is 32.1. The number of thiazole rings is 1. The van der Waals surface area contributed by atoms with E-state index in [2.05, 4.69) is 24.2 Å². The number of hydrogen-bond acceptors (Lipinski definition) is 6. The molecule has 0 bridgehead atoms. The summed E-state index contributed by atoms with van der Waals surface area (Å²) in [5, 5.41) is 4.52. The van der Waals surface area contributed by atoms with Gasteiger partial charge in [-0.1, -0.05) is 13.3 Å². The molecule has 0 amide bonds. The maximum absolute atomic E-state index is 5.11. The van der Waals surface area contributed by atoms with Gasteiger partial charge in [0.15, 0.2) is 5.13 Å². The van der Waals surface area contributed by atoms with Crippen molar-refractivity contribution >= 4 is 16.5 Å². The van der Waals surface area contributed by atoms with Gasteiger partial charge in [-0.15, -0.1) is 11.3 Å². The molecular weight excluding hydrogens is 286 g/mol. The highest BCUT2D eigenvalue weighted by Gasteiger charge is 2.13. The van der Waals surface area contributed by atoms with Crippen molar-refractivity contribution in [3.63, 3.8) is 0 Å². The van der Waals surface area contributed by atoms with Gasteiger partial charge in [-0.2, -0.15) is 0 Å². The summed E-state index contributed by atoms with van der Waals surface area (Å²) in [6.07, 6.45) is 3.20. The van der Waals surface area contributed by atoms with Gasteiger partial charge in [-0.3, -0.25) is 0 Å². The highest BCUT2D eigenvalue weighted by Crippen LogP contribution is 2.26. The molecule has 6 heteroatoms. The van der Waals surface area contributed by atoms with Gasteiger partial charge in [-0.05, 0) is 12.8 Å². The lowest BCUT2D eigenvalue weighted by Crippen LogP contribution is -2.19. The molecule has 1 aromatic heterocycles. The molecule has 0 atom stereocenters. The van der Waals surface area contributed by atoms with Gasteiger partial charge in [0.25, 0.3) is 0 Å². The fraction of sp³-hybridized carbons (Fsp3) is 0.800. The van der Waals surface area contributed by atoms with E-state index in [0.717, 1.165) is 57.2 Å². The van der Waals surface area contributed by atoms with Crippen molar-refractivity contribution in [1.82, 2.24) is 10.3 Å². The van der Waals surface area contributed by atoms with E-state index < -0.39 is 0 Å². The summed E-state index contributed by atoms with van der Waals surface area (Å²) in [4.78, 5) is 8.38. The summed E-state index contributed by atoms with van der Waals surface area (Å²) in [6, 6.07) is 0. The molecular formula is C15H29N3O2S. The van der Waals surface area contributed by atoms with Gasteiger partial charge >= 0.3 is 0 Å². The first-order chi connectivity index (χ1) is 10.2. The van der Waals surface area contributed by atoms with Crippen molar-refractivity contribution in [2.24, 2.45) is 0 Å². The van der Waals surface area contributed by atoms with Crippen molar-refractivity contribution in [2.75, 3.05) is 52.5 Å². The summed E-state index contributed by atoms with van der Waals surface area (Å²) < 4.78 is 10.2. The molecule has 0 aliphatic heterocycles. The van der Waals surface area contributed by atoms with Crippen LogP contribution in [-0.4, -0.2) is 52.6 Å². The molecule has 1 N–H and O–H groups in total. The first kappa shape index (κ1) is 18.4. The van der Waals surface area contributed by atoms with Gasteiger partial charge in [0.2, 0.25) is 0 Å². The molecule has 0 aliphatic rings. The fourth-order valence-corrected chi connectivity index (χ4v) is 3.08. The van der Waals surface area contributed by atoms with E-state index in [1.54, 1.807) is 25.6 Å². The molecule has 0 spiro atoms. The molecule has 0 unspecified atom stereocenters. The molecule has 5 nitrogen and oxygen atoms in total. The number of anilines is 1. The van der Waals surface area contributed by atoms with E-state index in [1.165, 1.54) is 10.6 Å². The zero-order valence-electron chi connectivity index (χ0n) is 13.8. The molecule has 0 aromatic carbocycles. The number of hydrogen-bond donors (Lipinski definition) is 1. The van der Waals surface area contributed by atoms with Crippen LogP contribution in [0.5, 0.6) is 0 Å². The molecule has 1 heterocycles. The summed E-state index contributed by atoms with van der Waals surface area (Å²) in [6.45, 7) is 6.46. The van der Waals surface area contributed by atoms with Gasteiger partial charge < -0.3 is 19.7 Å². The van der Waals surface area contributed by atoms with Gasteiger partial charge in [0.1, 0.15) is 0 Å². The van der Waals surface area contributed by atoms with Crippen LogP contribution in [0.2, 0.25) is 0 Å². The molecule has 1 rings (SSSR count). The second-order valence-corrected chi connectivity index (χ2v) is 6.12. The third-order valence-electron chi connectivity index (χ3n) is 3.19. The van der Waals surface area contributed by atoms with Crippen LogP contribution in [0.4, 0.5) is 5.13 Å². The molecule has 0 radical (unpaired) electrons. The summed E-state index contributed by atoms with van der Waals surface area (Å²) in [5.74, 6) is 0. The van der Waals surface area contributed by atoms with Crippen LogP contribution in [0.1, 0.15) is 30.3 Å². The van der Waals surface area contributed by atoms with E-state index in [4.69, 9.17) is 14.5 Å². The molecule has 0 fully saturated rings. The maximum Gasteiger partial charge on any atom is 0.185 e. The lowest BCUT2D eigenvalue weighted by Gasteiger charge is -2.14. The minimum atomic E-state index is 0.742. The number of nitrogens with zero attached hydrogens (tertiary/aromatic N) is 2. The summed E-state index contributed by atoms with van der Waals surface area (Å²) in [5.41, 5.74) is 1.24. The van der Waals surface area contributed by atoms with Crippen LogP contribution in [0.25, 0.3) is 0 Å². The van der Waals surface area contributed by atoms with E-state index in [9.17, 15) is 0 Å². The average molecular weight is 315 g/mol. The van der Waals surface area contributed by atoms with Crippen LogP contribution in [-0.2, 0) is 22.4 Å². The number of rotatable bonds is 12. The van der Waals surface area contributed by atoms with E-state index in [0.29, 0.717) is 0 Å². The topological polar surface area (TPSA) is 46.6 Å². The standard InChI is InChI=1S/C15H29N3O2S/c1-5-7-13-14(12-16-8-11-20-4)21-15(17-13)18(2)9-6-10-19-3/h16H,5-12H2,1-4H3. The Bertz CT molecular complexity index is 385. The van der Waals surface area contributed by atoms with Crippen LogP contribution in [0.15, 0.2) is 0 Å². The predicted molar refractivity (Wildman–Crippen MR) is 89.5 cm³/mol. The Labute approximate surface area is 132 Å². The zero-order chi connectivity index (χ0) is 15.5. The number of methoxy groups -OCH3 is 2. The van der Waals surface area contributed by atoms with Crippen molar-refractivity contribution < 1.29 is 9.47 Å². The lowest BCUT2D eigenvalue weighted by atomic mass is 10.2. The Morgan fingerprint density at radius 2 is 2.00 bits per heavy atom. The summed E-state index contributed by atoms with van der Waals surface area (Å²) in [7, 11) is 5.57. The first-order valence-electron chi connectivity index (χ1n) is 7.61. The van der Waals surface area contributed by atoms with Crippen molar-refractivity contribution in [2.45, 2.75) is 32.7 Å². The molecule has 1 aromatic rings. The molecule has 122 valence electrons. The third kappa shape index (κ3) is 6.74. The lowest BCUT2D eigenvalue weighted by molar-refractivity contribution is 0.196. The summed E-state index contributed by atoms with van der Waals surface area (Å²) >= 11 is 1.79. The number of nitrogens with one attached hydrogen (secondary N) is 1. The SMILES string of the molecule is CCCc1nc(N(C)CCCOC)sc1CNCCOC. The van der Waals surface area contributed by atoms with Crippen molar-refractivity contribution in [3.8, 4) is 0 Å². The van der Waals surface area contributed by atoms with Crippen molar-refractivity contribution in [1.29, 1.82) is 0 Å². The Kier molecular flexibility index (Phi) is 9.58. The van der Waals surface area contributed by atoms with Crippen LogP contribution < -0.4 is 10.2 Å². The number of ether oxygens (including phenoxy) is 2. The Hall–Kier alpha value is -0.690. The molecule has 21 heavy (non-hydrogen) atoms. The normalized spacial score (nSPS) is 11.0. The van der Waals surface area contributed by atoms with Gasteiger partial charge in [-0.25, -0.2) is 4.98 Å². The fourth-order valence-electron chi connectivity index (χ4n) is 2.02. The van der Waals surface area contributed by atoms with Crippen LogP contribution in [0, 0.1) is 0 Å². The third-order valence-corrected chi connectivity index (χ3v) is 4.40. The highest BCUT2D eigenvalue weighted by molar-refractivity contribution is 7.15. The number of aromatic nitrogens is 1. The minimum absolute atomic E-state index is 0.742. The molecule has 0 aliphatic carbocycles. The zero-order valence-corrected chi connectivity index (χ0v) is 14.6. The second-order valence-electron chi connectivity index (χ2n) is 5.05. The monoisotopic (exact) mass is 315 g/mol. The molecule has 0 saturated carbocycles. The molecule has 0 saturated heterocycles. The quantitative estimate of drug-likeness (QED) is 0.600. The van der Waals surface area contributed by atoms with Crippen LogP contribution in [0.3, 0.4) is 0 Å².